The van der Waals surface area contributed by atoms with Crippen LogP contribution in [0.5, 0.6) is 0 Å². The number of nitrogens with one attached hydrogen (secondary N) is 2. The fourth-order valence-electron chi connectivity index (χ4n) is 1.77. The average Bonchev–Trinajstić information content (AvgIpc) is 2.17. The van der Waals surface area contributed by atoms with E-state index in [1.54, 1.807) is 0 Å². The number of hydrogen-bond acceptors (Lipinski definition) is 3. The molecule has 0 spiro atoms. The van der Waals surface area contributed by atoms with Gasteiger partial charge in [0.25, 0.3) is 0 Å². The molecule has 1 heterocycles. The zero-order valence-electron chi connectivity index (χ0n) is 8.38. The molecule has 0 unspecified atom stereocenters. The zero-order valence-corrected chi connectivity index (χ0v) is 8.38. The van der Waals surface area contributed by atoms with Crippen LogP contribution in [-0.2, 0) is 0 Å². The number of hydrogen-bond donors (Lipinski definition) is 3. The molecule has 1 aromatic rings. The molecule has 0 fully saturated rings. The summed E-state index contributed by atoms with van der Waals surface area (Å²) in [6.45, 7) is 3.20. The highest BCUT2D eigenvalue weighted by Gasteiger charge is 2.15. The first kappa shape index (κ1) is 9.34. The van der Waals surface area contributed by atoms with Crippen molar-refractivity contribution in [2.24, 2.45) is 0 Å². The summed E-state index contributed by atoms with van der Waals surface area (Å²) in [7, 11) is 0. The maximum atomic E-state index is 8.85. The van der Waals surface area contributed by atoms with Gasteiger partial charge >= 0.3 is 0 Å². The lowest BCUT2D eigenvalue weighted by atomic mass is 10.1. The molecular weight excluding hydrogens is 176 g/mol. The summed E-state index contributed by atoms with van der Waals surface area (Å²) in [6.07, 6.45) is 0.792. The van der Waals surface area contributed by atoms with Gasteiger partial charge in [-0.3, -0.25) is 0 Å². The molecule has 0 amide bonds. The van der Waals surface area contributed by atoms with Crippen molar-refractivity contribution in [3.8, 4) is 0 Å². The highest BCUT2D eigenvalue weighted by molar-refractivity contribution is 5.72. The van der Waals surface area contributed by atoms with Crippen LogP contribution in [0, 0.1) is 6.92 Å². The number of rotatable bonds is 2. The van der Waals surface area contributed by atoms with Gasteiger partial charge in [0.1, 0.15) is 0 Å². The van der Waals surface area contributed by atoms with Crippen LogP contribution in [0.25, 0.3) is 0 Å². The molecule has 0 aliphatic carbocycles. The largest absolute Gasteiger partial charge is 0.396 e. The van der Waals surface area contributed by atoms with Gasteiger partial charge in [-0.15, -0.1) is 0 Å². The molecule has 0 saturated heterocycles. The fourth-order valence-corrected chi connectivity index (χ4v) is 1.77. The molecule has 1 aromatic carbocycles. The van der Waals surface area contributed by atoms with Gasteiger partial charge in [0, 0.05) is 19.2 Å². The molecule has 0 saturated carbocycles. The summed E-state index contributed by atoms with van der Waals surface area (Å²) in [4.78, 5) is 0. The highest BCUT2D eigenvalue weighted by atomic mass is 16.3. The fraction of sp³-hybridized carbons (Fsp3) is 0.455. The van der Waals surface area contributed by atoms with Crippen LogP contribution in [0.1, 0.15) is 12.0 Å². The quantitative estimate of drug-likeness (QED) is 0.666. The summed E-state index contributed by atoms with van der Waals surface area (Å²) < 4.78 is 0. The first-order valence-corrected chi connectivity index (χ1v) is 5.01. The Hall–Kier alpha value is -1.22. The lowest BCUT2D eigenvalue weighted by molar-refractivity contribution is 0.280. The monoisotopic (exact) mass is 192 g/mol. The van der Waals surface area contributed by atoms with Gasteiger partial charge in [-0.1, -0.05) is 6.07 Å². The average molecular weight is 192 g/mol. The van der Waals surface area contributed by atoms with Crippen molar-refractivity contribution in [1.82, 2.24) is 0 Å². The van der Waals surface area contributed by atoms with E-state index in [1.807, 2.05) is 0 Å². The number of aliphatic hydroxyl groups is 1. The molecular formula is C11H16N2O. The van der Waals surface area contributed by atoms with E-state index in [4.69, 9.17) is 5.11 Å². The number of aryl methyl sites for hydroxylation is 1. The Morgan fingerprint density at radius 1 is 1.43 bits per heavy atom. The van der Waals surface area contributed by atoms with Crippen LogP contribution in [-0.4, -0.2) is 24.3 Å². The van der Waals surface area contributed by atoms with Gasteiger partial charge < -0.3 is 15.7 Å². The van der Waals surface area contributed by atoms with E-state index in [2.05, 4.69) is 35.8 Å². The minimum atomic E-state index is 0.237. The number of fused-ring (bicyclic) bond motifs is 1. The Kier molecular flexibility index (Phi) is 2.59. The Morgan fingerprint density at radius 2 is 2.29 bits per heavy atom. The highest BCUT2D eigenvalue weighted by Crippen LogP contribution is 2.27. The first-order valence-electron chi connectivity index (χ1n) is 5.01. The SMILES string of the molecule is Cc1ccc2c(c1)N[C@H](CCO)CN2. The molecule has 0 bridgehead atoms. The molecule has 1 aliphatic heterocycles. The van der Waals surface area contributed by atoms with Crippen molar-refractivity contribution in [2.45, 2.75) is 19.4 Å². The first-order chi connectivity index (χ1) is 6.79. The van der Waals surface area contributed by atoms with Crippen molar-refractivity contribution in [2.75, 3.05) is 23.8 Å². The van der Waals surface area contributed by atoms with Crippen LogP contribution in [0.3, 0.4) is 0 Å². The summed E-state index contributed by atoms with van der Waals surface area (Å²) in [5, 5.41) is 15.6. The van der Waals surface area contributed by atoms with Gasteiger partial charge in [-0.2, -0.15) is 0 Å². The Morgan fingerprint density at radius 3 is 3.07 bits per heavy atom. The normalized spacial score (nSPS) is 19.4. The van der Waals surface area contributed by atoms with Crippen LogP contribution in [0.15, 0.2) is 18.2 Å². The molecule has 1 atom stereocenters. The molecule has 2 rings (SSSR count). The Balaban J connectivity index is 2.16. The molecule has 0 aromatic heterocycles. The van der Waals surface area contributed by atoms with Gasteiger partial charge in [-0.05, 0) is 31.0 Å². The second-order valence-electron chi connectivity index (χ2n) is 3.78. The van der Waals surface area contributed by atoms with Gasteiger partial charge in [0.15, 0.2) is 0 Å². The molecule has 14 heavy (non-hydrogen) atoms. The summed E-state index contributed by atoms with van der Waals surface area (Å²) in [5.41, 5.74) is 3.56. The van der Waals surface area contributed by atoms with E-state index in [9.17, 15) is 0 Å². The molecule has 0 radical (unpaired) electrons. The third kappa shape index (κ3) is 1.82. The van der Waals surface area contributed by atoms with Crippen molar-refractivity contribution in [3.05, 3.63) is 23.8 Å². The van der Waals surface area contributed by atoms with E-state index in [-0.39, 0.29) is 6.61 Å². The zero-order chi connectivity index (χ0) is 9.97. The Labute approximate surface area is 84.1 Å². The third-order valence-corrected chi connectivity index (χ3v) is 2.55. The van der Waals surface area contributed by atoms with E-state index in [1.165, 1.54) is 5.56 Å². The summed E-state index contributed by atoms with van der Waals surface area (Å²) >= 11 is 0. The second kappa shape index (κ2) is 3.88. The van der Waals surface area contributed by atoms with Gasteiger partial charge in [-0.25, -0.2) is 0 Å². The second-order valence-corrected chi connectivity index (χ2v) is 3.78. The van der Waals surface area contributed by atoms with E-state index >= 15 is 0 Å². The standard InChI is InChI=1S/C11H16N2O/c1-8-2-3-10-11(6-8)13-9(4-5-14)7-12-10/h2-3,6,9,12-14H,4-5,7H2,1H3/t9-/m1/s1. The minimum absolute atomic E-state index is 0.237. The molecule has 3 N–H and O–H groups in total. The van der Waals surface area contributed by atoms with Crippen LogP contribution < -0.4 is 10.6 Å². The maximum Gasteiger partial charge on any atom is 0.0581 e. The van der Waals surface area contributed by atoms with Crippen LogP contribution >= 0.6 is 0 Å². The number of benzene rings is 1. The predicted molar refractivity (Wildman–Crippen MR) is 58.8 cm³/mol. The summed E-state index contributed by atoms with van der Waals surface area (Å²) in [6, 6.07) is 6.66. The van der Waals surface area contributed by atoms with E-state index in [0.717, 1.165) is 24.3 Å². The van der Waals surface area contributed by atoms with Crippen LogP contribution in [0.2, 0.25) is 0 Å². The molecule has 76 valence electrons. The number of anilines is 2. The van der Waals surface area contributed by atoms with E-state index in [0.29, 0.717) is 6.04 Å². The van der Waals surface area contributed by atoms with Gasteiger partial charge in [0.2, 0.25) is 0 Å². The van der Waals surface area contributed by atoms with Crippen molar-refractivity contribution < 1.29 is 5.11 Å². The smallest absolute Gasteiger partial charge is 0.0581 e. The summed E-state index contributed by atoms with van der Waals surface area (Å²) in [5.74, 6) is 0. The lowest BCUT2D eigenvalue weighted by Crippen LogP contribution is -2.33. The van der Waals surface area contributed by atoms with Crippen LogP contribution in [0.4, 0.5) is 11.4 Å². The third-order valence-electron chi connectivity index (χ3n) is 2.55. The minimum Gasteiger partial charge on any atom is -0.396 e. The van der Waals surface area contributed by atoms with Crippen molar-refractivity contribution >= 4 is 11.4 Å². The molecule has 3 heteroatoms. The van der Waals surface area contributed by atoms with Gasteiger partial charge in [0.05, 0.1) is 11.4 Å². The Bertz CT molecular complexity index is 325. The molecule has 3 nitrogen and oxygen atoms in total. The molecule has 1 aliphatic rings. The van der Waals surface area contributed by atoms with Crippen molar-refractivity contribution in [3.63, 3.8) is 0 Å². The predicted octanol–water partition coefficient (Wildman–Crippen LogP) is 1.58. The van der Waals surface area contributed by atoms with E-state index < -0.39 is 0 Å². The lowest BCUT2D eigenvalue weighted by Gasteiger charge is -2.28. The van der Waals surface area contributed by atoms with Crippen molar-refractivity contribution in [1.29, 1.82) is 0 Å². The number of aliphatic hydroxyl groups excluding tert-OH is 1. The maximum absolute atomic E-state index is 8.85. The topological polar surface area (TPSA) is 44.3 Å².